The number of benzene rings is 1. The highest BCUT2D eigenvalue weighted by Crippen LogP contribution is 2.33. The lowest BCUT2D eigenvalue weighted by Gasteiger charge is -2.19. The van der Waals surface area contributed by atoms with Crippen molar-refractivity contribution in [3.8, 4) is 0 Å². The molecule has 0 radical (unpaired) electrons. The van der Waals surface area contributed by atoms with Crippen molar-refractivity contribution in [2.75, 3.05) is 13.1 Å². The van der Waals surface area contributed by atoms with E-state index in [9.17, 15) is 14.9 Å². The molecule has 1 heterocycles. The van der Waals surface area contributed by atoms with E-state index in [2.05, 4.69) is 13.8 Å². The van der Waals surface area contributed by atoms with Gasteiger partial charge in [-0.3, -0.25) is 14.9 Å². The Morgan fingerprint density at radius 2 is 2.16 bits per heavy atom. The zero-order valence-corrected chi connectivity index (χ0v) is 11.6. The molecule has 1 aromatic rings. The first-order chi connectivity index (χ1) is 8.82. The molecule has 1 amide bonds. The minimum absolute atomic E-state index is 0.00527. The molecule has 0 bridgehead atoms. The molecule has 0 atom stereocenters. The average Bonchev–Trinajstić information content (AvgIpc) is 2.68. The van der Waals surface area contributed by atoms with E-state index in [0.717, 1.165) is 6.42 Å². The number of nitro groups is 1. The van der Waals surface area contributed by atoms with Crippen LogP contribution in [0.1, 0.15) is 30.6 Å². The molecular formula is C13H15ClN2O3. The summed E-state index contributed by atoms with van der Waals surface area (Å²) in [6, 6.07) is 4.44. The molecule has 0 aromatic heterocycles. The number of carbonyl (C=O) groups excluding carboxylic acids is 1. The van der Waals surface area contributed by atoms with Crippen molar-refractivity contribution in [1.29, 1.82) is 0 Å². The number of halogens is 1. The van der Waals surface area contributed by atoms with Crippen molar-refractivity contribution in [1.82, 2.24) is 4.90 Å². The number of hydrogen-bond acceptors (Lipinski definition) is 3. The van der Waals surface area contributed by atoms with E-state index in [1.54, 1.807) is 11.0 Å². The number of carbonyl (C=O) groups is 1. The third kappa shape index (κ3) is 2.71. The van der Waals surface area contributed by atoms with Crippen LogP contribution in [0.15, 0.2) is 18.2 Å². The Morgan fingerprint density at radius 1 is 1.47 bits per heavy atom. The molecule has 1 aliphatic heterocycles. The molecular weight excluding hydrogens is 268 g/mol. The Labute approximate surface area is 116 Å². The van der Waals surface area contributed by atoms with Crippen LogP contribution in [0.3, 0.4) is 0 Å². The zero-order chi connectivity index (χ0) is 14.2. The first kappa shape index (κ1) is 13.8. The second-order valence-corrected chi connectivity index (χ2v) is 5.94. The van der Waals surface area contributed by atoms with Crippen LogP contribution in [0.25, 0.3) is 0 Å². The van der Waals surface area contributed by atoms with Gasteiger partial charge in [-0.25, -0.2) is 0 Å². The van der Waals surface area contributed by atoms with Crippen LogP contribution in [0.5, 0.6) is 0 Å². The van der Waals surface area contributed by atoms with Gasteiger partial charge in [0.15, 0.2) is 0 Å². The zero-order valence-electron chi connectivity index (χ0n) is 10.9. The van der Waals surface area contributed by atoms with Gasteiger partial charge in [-0.05, 0) is 24.0 Å². The predicted molar refractivity (Wildman–Crippen MR) is 72.4 cm³/mol. The summed E-state index contributed by atoms with van der Waals surface area (Å²) in [5.41, 5.74) is -0.183. The van der Waals surface area contributed by atoms with Gasteiger partial charge < -0.3 is 4.90 Å². The number of rotatable bonds is 2. The minimum Gasteiger partial charge on any atom is -0.338 e. The Morgan fingerprint density at radius 3 is 2.68 bits per heavy atom. The summed E-state index contributed by atoms with van der Waals surface area (Å²) in [4.78, 5) is 24.5. The van der Waals surface area contributed by atoms with Crippen molar-refractivity contribution in [3.05, 3.63) is 38.9 Å². The monoisotopic (exact) mass is 282 g/mol. The maximum absolute atomic E-state index is 12.4. The van der Waals surface area contributed by atoms with E-state index in [1.165, 1.54) is 12.1 Å². The number of para-hydroxylation sites is 1. The number of amides is 1. The highest BCUT2D eigenvalue weighted by molar-refractivity contribution is 6.33. The molecule has 0 N–H and O–H groups in total. The van der Waals surface area contributed by atoms with E-state index in [0.29, 0.717) is 13.1 Å². The van der Waals surface area contributed by atoms with Crippen molar-refractivity contribution in [3.63, 3.8) is 0 Å². The van der Waals surface area contributed by atoms with Gasteiger partial charge in [0, 0.05) is 13.1 Å². The molecule has 102 valence electrons. The normalized spacial score (nSPS) is 17.5. The van der Waals surface area contributed by atoms with Crippen LogP contribution in [0, 0.1) is 15.5 Å². The predicted octanol–water partition coefficient (Wildman–Crippen LogP) is 3.12. The number of likely N-dealkylation sites (tertiary alicyclic amines) is 1. The molecule has 0 aliphatic carbocycles. The number of nitro benzene ring substituents is 1. The van der Waals surface area contributed by atoms with Crippen LogP contribution in [0.2, 0.25) is 5.02 Å². The molecule has 5 nitrogen and oxygen atoms in total. The fraction of sp³-hybridized carbons (Fsp3) is 0.462. The van der Waals surface area contributed by atoms with Gasteiger partial charge in [-0.15, -0.1) is 0 Å². The maximum Gasteiger partial charge on any atom is 0.300 e. The molecule has 1 fully saturated rings. The van der Waals surface area contributed by atoms with E-state index < -0.39 is 4.92 Å². The fourth-order valence-corrected chi connectivity index (χ4v) is 2.57. The number of nitrogens with zero attached hydrogens (tertiary/aromatic N) is 2. The van der Waals surface area contributed by atoms with Gasteiger partial charge in [-0.2, -0.15) is 0 Å². The highest BCUT2D eigenvalue weighted by Gasteiger charge is 2.35. The Bertz CT molecular complexity index is 543. The highest BCUT2D eigenvalue weighted by atomic mass is 35.5. The summed E-state index contributed by atoms with van der Waals surface area (Å²) in [5.74, 6) is -0.320. The third-order valence-corrected chi connectivity index (χ3v) is 3.67. The average molecular weight is 283 g/mol. The largest absolute Gasteiger partial charge is 0.338 e. The minimum atomic E-state index is -0.600. The Hall–Kier alpha value is -1.62. The van der Waals surface area contributed by atoms with Gasteiger partial charge in [0.1, 0.15) is 10.6 Å². The quantitative estimate of drug-likeness (QED) is 0.618. The van der Waals surface area contributed by atoms with Crippen molar-refractivity contribution in [2.24, 2.45) is 5.41 Å². The van der Waals surface area contributed by atoms with E-state index in [1.807, 2.05) is 0 Å². The second-order valence-electron chi connectivity index (χ2n) is 5.53. The number of hydrogen-bond donors (Lipinski definition) is 0. The lowest BCUT2D eigenvalue weighted by atomic mass is 9.93. The summed E-state index contributed by atoms with van der Waals surface area (Å²) < 4.78 is 0. The molecule has 19 heavy (non-hydrogen) atoms. The van der Waals surface area contributed by atoms with E-state index in [4.69, 9.17) is 11.6 Å². The molecule has 0 saturated carbocycles. The van der Waals surface area contributed by atoms with E-state index in [-0.39, 0.29) is 27.6 Å². The molecule has 2 rings (SSSR count). The summed E-state index contributed by atoms with van der Waals surface area (Å²) in [7, 11) is 0. The maximum atomic E-state index is 12.4. The summed E-state index contributed by atoms with van der Waals surface area (Å²) in [6.07, 6.45) is 0.896. The van der Waals surface area contributed by atoms with Gasteiger partial charge in [0.05, 0.1) is 4.92 Å². The Balaban J connectivity index is 2.35. The van der Waals surface area contributed by atoms with Crippen molar-refractivity contribution in [2.45, 2.75) is 20.3 Å². The summed E-state index contributed by atoms with van der Waals surface area (Å²) >= 11 is 5.82. The molecule has 0 unspecified atom stereocenters. The molecule has 1 saturated heterocycles. The van der Waals surface area contributed by atoms with Gasteiger partial charge in [-0.1, -0.05) is 31.5 Å². The van der Waals surface area contributed by atoms with Crippen molar-refractivity contribution >= 4 is 23.2 Å². The molecule has 6 heteroatoms. The smallest absolute Gasteiger partial charge is 0.300 e. The molecule has 1 aliphatic rings. The first-order valence-corrected chi connectivity index (χ1v) is 6.42. The lowest BCUT2D eigenvalue weighted by molar-refractivity contribution is -0.385. The van der Waals surface area contributed by atoms with Gasteiger partial charge >= 0.3 is 5.69 Å². The second kappa shape index (κ2) is 4.81. The molecule has 1 aromatic carbocycles. The van der Waals surface area contributed by atoms with Gasteiger partial charge in [0.2, 0.25) is 0 Å². The van der Waals surface area contributed by atoms with Crippen LogP contribution in [0.4, 0.5) is 5.69 Å². The first-order valence-electron chi connectivity index (χ1n) is 6.04. The van der Waals surface area contributed by atoms with Crippen LogP contribution in [-0.2, 0) is 0 Å². The summed E-state index contributed by atoms with van der Waals surface area (Å²) in [5, 5.41) is 11.0. The fourth-order valence-electron chi connectivity index (χ4n) is 2.33. The van der Waals surface area contributed by atoms with Crippen LogP contribution < -0.4 is 0 Å². The standard InChI is InChI=1S/C13H15ClN2O3/c1-13(2)6-7-15(8-13)12(17)9-4-3-5-10(14)11(9)16(18)19/h3-5H,6-8H2,1-2H3. The lowest BCUT2D eigenvalue weighted by Crippen LogP contribution is -2.30. The van der Waals surface area contributed by atoms with E-state index >= 15 is 0 Å². The SMILES string of the molecule is CC1(C)CCN(C(=O)c2cccc(Cl)c2[N+](=O)[O-])C1. The third-order valence-electron chi connectivity index (χ3n) is 3.36. The van der Waals surface area contributed by atoms with Crippen LogP contribution in [-0.4, -0.2) is 28.8 Å². The Kier molecular flexibility index (Phi) is 3.49. The van der Waals surface area contributed by atoms with Crippen molar-refractivity contribution < 1.29 is 9.72 Å². The van der Waals surface area contributed by atoms with Crippen LogP contribution >= 0.6 is 11.6 Å². The van der Waals surface area contributed by atoms with Gasteiger partial charge in [0.25, 0.3) is 5.91 Å². The molecule has 0 spiro atoms. The summed E-state index contributed by atoms with van der Waals surface area (Å²) in [6.45, 7) is 5.38. The topological polar surface area (TPSA) is 63.5 Å².